The number of nitrogens with two attached hydrogens (primary N) is 1. The summed E-state index contributed by atoms with van der Waals surface area (Å²) in [5.74, 6) is 1.69. The first-order chi connectivity index (χ1) is 10.2. The van der Waals surface area contributed by atoms with Crippen LogP contribution in [0.2, 0.25) is 0 Å². The number of rotatable bonds is 4. The number of methoxy groups -OCH3 is 1. The summed E-state index contributed by atoms with van der Waals surface area (Å²) in [6.07, 6.45) is 6.12. The van der Waals surface area contributed by atoms with E-state index in [0.717, 1.165) is 15.4 Å². The molecule has 0 aliphatic heterocycles. The molecule has 0 bridgehead atoms. The van der Waals surface area contributed by atoms with Crippen LogP contribution < -0.4 is 5.73 Å². The smallest absolute Gasteiger partial charge is 0.268 e. The molecule has 1 fully saturated rings. The van der Waals surface area contributed by atoms with Crippen molar-refractivity contribution in [2.75, 3.05) is 12.8 Å². The zero-order valence-electron chi connectivity index (χ0n) is 12.5. The largest absolute Gasteiger partial charge is 0.391 e. The molecule has 5 nitrogen and oxygen atoms in total. The van der Waals surface area contributed by atoms with Gasteiger partial charge in [0.15, 0.2) is 0 Å². The summed E-state index contributed by atoms with van der Waals surface area (Å²) in [4.78, 5) is 5.50. The summed E-state index contributed by atoms with van der Waals surface area (Å²) in [6, 6.07) is 1.93. The van der Waals surface area contributed by atoms with Crippen LogP contribution in [0.4, 0.5) is 5.00 Å². The van der Waals surface area contributed by atoms with Crippen molar-refractivity contribution in [3.05, 3.63) is 17.5 Å². The van der Waals surface area contributed by atoms with Crippen LogP contribution in [0.5, 0.6) is 0 Å². The molecular weight excluding hydrogens is 286 g/mol. The molecule has 0 amide bonds. The molecule has 6 heteroatoms. The molecule has 0 saturated heterocycles. The Labute approximate surface area is 128 Å². The molecular formula is C15H21N3O2S. The van der Waals surface area contributed by atoms with E-state index in [1.54, 1.807) is 7.11 Å². The summed E-state index contributed by atoms with van der Waals surface area (Å²) in [5, 5.41) is 4.91. The van der Waals surface area contributed by atoms with Crippen molar-refractivity contribution in [3.63, 3.8) is 0 Å². The van der Waals surface area contributed by atoms with Gasteiger partial charge in [-0.3, -0.25) is 0 Å². The summed E-state index contributed by atoms with van der Waals surface area (Å²) < 4.78 is 11.1. The van der Waals surface area contributed by atoms with Gasteiger partial charge in [-0.05, 0) is 37.3 Å². The molecule has 3 rings (SSSR count). The zero-order valence-corrected chi connectivity index (χ0v) is 13.3. The van der Waals surface area contributed by atoms with E-state index in [2.05, 4.69) is 10.1 Å². The molecule has 0 spiro atoms. The Morgan fingerprint density at radius 1 is 1.38 bits per heavy atom. The van der Waals surface area contributed by atoms with E-state index in [1.165, 1.54) is 43.4 Å². The minimum absolute atomic E-state index is 0.0691. The number of ether oxygens (including phenoxy) is 1. The van der Waals surface area contributed by atoms with Gasteiger partial charge in [-0.1, -0.05) is 24.4 Å². The second kappa shape index (κ2) is 6.15. The van der Waals surface area contributed by atoms with Crippen molar-refractivity contribution in [2.45, 2.75) is 45.1 Å². The van der Waals surface area contributed by atoms with Gasteiger partial charge in [0.1, 0.15) is 6.10 Å². The first-order valence-corrected chi connectivity index (χ1v) is 8.23. The maximum atomic E-state index is 5.83. The average Bonchev–Trinajstić information content (AvgIpc) is 3.08. The second-order valence-corrected chi connectivity index (χ2v) is 6.76. The van der Waals surface area contributed by atoms with Gasteiger partial charge in [-0.2, -0.15) is 4.98 Å². The molecule has 2 N–H and O–H groups in total. The highest BCUT2D eigenvalue weighted by atomic mass is 32.1. The molecule has 1 unspecified atom stereocenters. The van der Waals surface area contributed by atoms with Gasteiger partial charge in [0, 0.05) is 7.11 Å². The third kappa shape index (κ3) is 2.96. The van der Waals surface area contributed by atoms with E-state index in [0.29, 0.717) is 17.6 Å². The first-order valence-electron chi connectivity index (χ1n) is 7.41. The third-order valence-electron chi connectivity index (χ3n) is 4.16. The molecule has 1 saturated carbocycles. The summed E-state index contributed by atoms with van der Waals surface area (Å²) in [5.41, 5.74) is 6.90. The predicted molar refractivity (Wildman–Crippen MR) is 83.1 cm³/mol. The highest BCUT2D eigenvalue weighted by molar-refractivity contribution is 7.19. The van der Waals surface area contributed by atoms with Crippen molar-refractivity contribution in [1.29, 1.82) is 0 Å². The Kier molecular flexibility index (Phi) is 4.26. The standard InChI is InChI=1S/C15H21N3O2S/c1-9-8-11(16)21-13(9)15-17-14(18-20-15)12(19-2)10-6-4-3-5-7-10/h8,10,12H,3-7,16H2,1-2H3. The van der Waals surface area contributed by atoms with Gasteiger partial charge in [-0.25, -0.2) is 0 Å². The molecule has 2 heterocycles. The van der Waals surface area contributed by atoms with Crippen LogP contribution in [-0.2, 0) is 4.74 Å². The predicted octanol–water partition coefficient (Wildman–Crippen LogP) is 3.96. The number of hydrogen-bond acceptors (Lipinski definition) is 6. The van der Waals surface area contributed by atoms with Crippen LogP contribution in [0, 0.1) is 12.8 Å². The average molecular weight is 307 g/mol. The quantitative estimate of drug-likeness (QED) is 0.925. The van der Waals surface area contributed by atoms with E-state index >= 15 is 0 Å². The summed E-state index contributed by atoms with van der Waals surface area (Å²) in [7, 11) is 1.73. The molecule has 1 aliphatic rings. The Hall–Kier alpha value is -1.40. The van der Waals surface area contributed by atoms with Crippen LogP contribution in [0.25, 0.3) is 10.8 Å². The van der Waals surface area contributed by atoms with Crippen molar-refractivity contribution in [3.8, 4) is 10.8 Å². The van der Waals surface area contributed by atoms with Gasteiger partial charge in [-0.15, -0.1) is 11.3 Å². The van der Waals surface area contributed by atoms with Crippen molar-refractivity contribution in [2.24, 2.45) is 5.92 Å². The van der Waals surface area contributed by atoms with E-state index < -0.39 is 0 Å². The van der Waals surface area contributed by atoms with Crippen molar-refractivity contribution in [1.82, 2.24) is 10.1 Å². The van der Waals surface area contributed by atoms with Crippen LogP contribution >= 0.6 is 11.3 Å². The van der Waals surface area contributed by atoms with Crippen LogP contribution in [-0.4, -0.2) is 17.3 Å². The Balaban J connectivity index is 1.84. The molecule has 0 radical (unpaired) electrons. The van der Waals surface area contributed by atoms with Gasteiger partial charge < -0.3 is 15.0 Å². The summed E-state index contributed by atoms with van der Waals surface area (Å²) >= 11 is 1.48. The monoisotopic (exact) mass is 307 g/mol. The normalized spacial score (nSPS) is 18.0. The summed E-state index contributed by atoms with van der Waals surface area (Å²) in [6.45, 7) is 2.00. The highest BCUT2D eigenvalue weighted by Gasteiger charge is 2.29. The van der Waals surface area contributed by atoms with E-state index in [-0.39, 0.29) is 6.10 Å². The highest BCUT2D eigenvalue weighted by Crippen LogP contribution is 2.37. The molecule has 1 aliphatic carbocycles. The molecule has 1 atom stereocenters. The number of aryl methyl sites for hydroxylation is 1. The number of aromatic nitrogens is 2. The molecule has 0 aromatic carbocycles. The van der Waals surface area contributed by atoms with Gasteiger partial charge in [0.05, 0.1) is 9.88 Å². The van der Waals surface area contributed by atoms with E-state index in [1.807, 2.05) is 13.0 Å². The number of nitrogen functional groups attached to an aromatic ring is 1. The topological polar surface area (TPSA) is 74.2 Å². The number of hydrogen-bond donors (Lipinski definition) is 1. The lowest BCUT2D eigenvalue weighted by Crippen LogP contribution is -2.19. The lowest BCUT2D eigenvalue weighted by atomic mass is 9.85. The Morgan fingerprint density at radius 3 is 2.76 bits per heavy atom. The lowest BCUT2D eigenvalue weighted by Gasteiger charge is -2.26. The fourth-order valence-electron chi connectivity index (χ4n) is 3.11. The number of thiophene rings is 1. The van der Waals surface area contributed by atoms with Crippen LogP contribution in [0.15, 0.2) is 10.6 Å². The molecule has 2 aromatic heterocycles. The SMILES string of the molecule is COC(c1noc(-c2sc(N)cc2C)n1)C1CCCCC1. The molecule has 21 heavy (non-hydrogen) atoms. The number of anilines is 1. The Bertz CT molecular complexity index is 602. The maximum Gasteiger partial charge on any atom is 0.268 e. The van der Waals surface area contributed by atoms with Crippen molar-refractivity contribution >= 4 is 16.3 Å². The fourth-order valence-corrected chi connectivity index (χ4v) is 3.97. The molecule has 2 aromatic rings. The minimum Gasteiger partial charge on any atom is -0.391 e. The van der Waals surface area contributed by atoms with E-state index in [9.17, 15) is 0 Å². The second-order valence-electron chi connectivity index (χ2n) is 5.67. The van der Waals surface area contributed by atoms with Crippen LogP contribution in [0.1, 0.15) is 49.6 Å². The zero-order chi connectivity index (χ0) is 14.8. The Morgan fingerprint density at radius 2 is 2.14 bits per heavy atom. The third-order valence-corrected chi connectivity index (χ3v) is 5.21. The van der Waals surface area contributed by atoms with Crippen LogP contribution in [0.3, 0.4) is 0 Å². The fraction of sp³-hybridized carbons (Fsp3) is 0.600. The van der Waals surface area contributed by atoms with Crippen molar-refractivity contribution < 1.29 is 9.26 Å². The van der Waals surface area contributed by atoms with Gasteiger partial charge in [0.2, 0.25) is 5.82 Å². The lowest BCUT2D eigenvalue weighted by molar-refractivity contribution is 0.0274. The molecule has 114 valence electrons. The maximum absolute atomic E-state index is 5.83. The van der Waals surface area contributed by atoms with Gasteiger partial charge >= 0.3 is 0 Å². The number of nitrogens with zero attached hydrogens (tertiary/aromatic N) is 2. The minimum atomic E-state index is -0.0691. The van der Waals surface area contributed by atoms with Gasteiger partial charge in [0.25, 0.3) is 5.89 Å². The van der Waals surface area contributed by atoms with E-state index in [4.69, 9.17) is 15.0 Å². The first kappa shape index (κ1) is 14.5.